The summed E-state index contributed by atoms with van der Waals surface area (Å²) < 4.78 is 18.5. The molecule has 25 heavy (non-hydrogen) atoms. The molecule has 2 amide bonds. The second kappa shape index (κ2) is 7.47. The Labute approximate surface area is 146 Å². The molecule has 5 heteroatoms. The van der Waals surface area contributed by atoms with E-state index in [2.05, 4.69) is 0 Å². The lowest BCUT2D eigenvalue weighted by Gasteiger charge is -2.21. The predicted molar refractivity (Wildman–Crippen MR) is 91.8 cm³/mol. The highest BCUT2D eigenvalue weighted by atomic mass is 19.1. The van der Waals surface area contributed by atoms with Gasteiger partial charge >= 0.3 is 0 Å². The van der Waals surface area contributed by atoms with Crippen LogP contribution in [0.5, 0.6) is 5.75 Å². The number of nitrogens with zero attached hydrogens (tertiary/aromatic N) is 1. The summed E-state index contributed by atoms with van der Waals surface area (Å²) in [5.74, 6) is 0.205. The molecule has 2 aromatic rings. The summed E-state index contributed by atoms with van der Waals surface area (Å²) in [7, 11) is 1.61. The van der Waals surface area contributed by atoms with E-state index in [4.69, 9.17) is 4.74 Å². The fourth-order valence-electron chi connectivity index (χ4n) is 3.19. The molecule has 0 radical (unpaired) electrons. The highest BCUT2D eigenvalue weighted by Crippen LogP contribution is 2.30. The van der Waals surface area contributed by atoms with Crippen molar-refractivity contribution in [3.8, 4) is 5.75 Å². The van der Waals surface area contributed by atoms with Crippen LogP contribution in [0.1, 0.15) is 36.3 Å². The van der Waals surface area contributed by atoms with Crippen LogP contribution in [-0.2, 0) is 9.59 Å². The summed E-state index contributed by atoms with van der Waals surface area (Å²) in [6.45, 7) is 0.367. The summed E-state index contributed by atoms with van der Waals surface area (Å²) in [5, 5.41) is 0. The average Bonchev–Trinajstić information content (AvgIpc) is 2.95. The van der Waals surface area contributed by atoms with E-state index in [1.807, 2.05) is 24.3 Å². The number of carbonyl (C=O) groups excluding carboxylic acids is 2. The van der Waals surface area contributed by atoms with Crippen molar-refractivity contribution in [2.45, 2.75) is 25.2 Å². The quantitative estimate of drug-likeness (QED) is 0.756. The molecule has 3 rings (SSSR count). The van der Waals surface area contributed by atoms with E-state index in [-0.39, 0.29) is 23.5 Å². The Morgan fingerprint density at radius 3 is 2.00 bits per heavy atom. The molecule has 4 nitrogen and oxygen atoms in total. The van der Waals surface area contributed by atoms with Gasteiger partial charge in [-0.3, -0.25) is 14.5 Å². The third-order valence-corrected chi connectivity index (χ3v) is 4.59. The Morgan fingerprint density at radius 1 is 0.960 bits per heavy atom. The highest BCUT2D eigenvalue weighted by molar-refractivity contribution is 6.01. The van der Waals surface area contributed by atoms with E-state index >= 15 is 0 Å². The lowest BCUT2D eigenvalue weighted by Crippen LogP contribution is -2.31. The van der Waals surface area contributed by atoms with E-state index in [0.29, 0.717) is 25.8 Å². The first-order chi connectivity index (χ1) is 12.1. The normalized spacial score (nSPS) is 15.5. The second-order valence-corrected chi connectivity index (χ2v) is 6.11. The van der Waals surface area contributed by atoms with Crippen molar-refractivity contribution in [3.05, 3.63) is 65.5 Å². The molecule has 2 aromatic carbocycles. The number of carbonyl (C=O) groups is 2. The third-order valence-electron chi connectivity index (χ3n) is 4.59. The maximum absolute atomic E-state index is 13.3. The largest absolute Gasteiger partial charge is 0.497 e. The number of rotatable bonds is 6. The number of ether oxygens (including phenoxy) is 1. The highest BCUT2D eigenvalue weighted by Gasteiger charge is 2.29. The van der Waals surface area contributed by atoms with Gasteiger partial charge < -0.3 is 4.74 Å². The molecule has 1 atom stereocenters. The van der Waals surface area contributed by atoms with Crippen molar-refractivity contribution in [2.75, 3.05) is 13.7 Å². The molecular formula is C20H20FNO3. The molecule has 1 fully saturated rings. The molecule has 1 aliphatic heterocycles. The van der Waals surface area contributed by atoms with Crippen LogP contribution >= 0.6 is 0 Å². The lowest BCUT2D eigenvalue weighted by molar-refractivity contribution is -0.138. The van der Waals surface area contributed by atoms with Gasteiger partial charge in [0.1, 0.15) is 11.6 Å². The van der Waals surface area contributed by atoms with Crippen molar-refractivity contribution in [2.24, 2.45) is 0 Å². The van der Waals surface area contributed by atoms with Crippen LogP contribution in [0.25, 0.3) is 0 Å². The molecule has 1 aliphatic rings. The minimum atomic E-state index is -0.290. The number of benzene rings is 2. The van der Waals surface area contributed by atoms with Crippen LogP contribution in [0, 0.1) is 5.82 Å². The maximum Gasteiger partial charge on any atom is 0.229 e. The van der Waals surface area contributed by atoms with Crippen LogP contribution in [0.15, 0.2) is 48.5 Å². The molecule has 0 bridgehead atoms. The molecule has 1 saturated heterocycles. The molecule has 0 N–H and O–H groups in total. The van der Waals surface area contributed by atoms with Gasteiger partial charge in [0.15, 0.2) is 0 Å². The SMILES string of the molecule is COc1ccc([C@@H](CCN2C(=O)CCC2=O)c2ccc(F)cc2)cc1. The first-order valence-electron chi connectivity index (χ1n) is 8.31. The van der Waals surface area contributed by atoms with Gasteiger partial charge in [0.05, 0.1) is 7.11 Å². The summed E-state index contributed by atoms with van der Waals surface area (Å²) in [6.07, 6.45) is 1.18. The van der Waals surface area contributed by atoms with E-state index in [0.717, 1.165) is 16.9 Å². The van der Waals surface area contributed by atoms with Gasteiger partial charge in [-0.05, 0) is 41.8 Å². The van der Waals surface area contributed by atoms with Gasteiger partial charge in [-0.1, -0.05) is 24.3 Å². The zero-order valence-electron chi connectivity index (χ0n) is 14.1. The minimum absolute atomic E-state index is 0.0345. The van der Waals surface area contributed by atoms with Crippen LogP contribution in [0.3, 0.4) is 0 Å². The minimum Gasteiger partial charge on any atom is -0.497 e. The van der Waals surface area contributed by atoms with E-state index in [1.54, 1.807) is 19.2 Å². The molecular weight excluding hydrogens is 321 g/mol. The summed E-state index contributed by atoms with van der Waals surface area (Å²) in [5.41, 5.74) is 1.98. The van der Waals surface area contributed by atoms with Crippen molar-refractivity contribution in [1.82, 2.24) is 4.90 Å². The fraction of sp³-hybridized carbons (Fsp3) is 0.300. The standard InChI is InChI=1S/C20H20FNO3/c1-25-17-8-4-15(5-9-17)18(14-2-6-16(21)7-3-14)12-13-22-19(23)10-11-20(22)24/h2-9,18H,10-13H2,1H3/t18-/m0/s1. The van der Waals surface area contributed by atoms with Gasteiger partial charge in [-0.2, -0.15) is 0 Å². The van der Waals surface area contributed by atoms with Gasteiger partial charge in [0.25, 0.3) is 0 Å². The molecule has 0 aliphatic carbocycles. The molecule has 0 aromatic heterocycles. The number of hydrogen-bond donors (Lipinski definition) is 0. The first-order valence-corrected chi connectivity index (χ1v) is 8.31. The van der Waals surface area contributed by atoms with Gasteiger partial charge in [-0.25, -0.2) is 4.39 Å². The fourth-order valence-corrected chi connectivity index (χ4v) is 3.19. The van der Waals surface area contributed by atoms with Crippen molar-refractivity contribution in [1.29, 1.82) is 0 Å². The Hall–Kier alpha value is -2.69. The van der Waals surface area contributed by atoms with Gasteiger partial charge in [0.2, 0.25) is 11.8 Å². The van der Waals surface area contributed by atoms with Crippen molar-refractivity contribution < 1.29 is 18.7 Å². The third kappa shape index (κ3) is 3.87. The van der Waals surface area contributed by atoms with Gasteiger partial charge in [0, 0.05) is 25.3 Å². The number of likely N-dealkylation sites (tertiary alicyclic amines) is 1. The number of hydrogen-bond acceptors (Lipinski definition) is 3. The van der Waals surface area contributed by atoms with Crippen LogP contribution in [-0.4, -0.2) is 30.4 Å². The number of imide groups is 1. The maximum atomic E-state index is 13.3. The molecule has 130 valence electrons. The number of methoxy groups -OCH3 is 1. The number of halogens is 1. The van der Waals surface area contributed by atoms with E-state index in [1.165, 1.54) is 17.0 Å². The van der Waals surface area contributed by atoms with Crippen molar-refractivity contribution in [3.63, 3.8) is 0 Å². The molecule has 0 spiro atoms. The predicted octanol–water partition coefficient (Wildman–Crippen LogP) is 3.51. The number of amides is 2. The van der Waals surface area contributed by atoms with Crippen LogP contribution < -0.4 is 4.74 Å². The Bertz CT molecular complexity index is 740. The second-order valence-electron chi connectivity index (χ2n) is 6.11. The molecule has 0 saturated carbocycles. The zero-order chi connectivity index (χ0) is 17.8. The summed E-state index contributed by atoms with van der Waals surface area (Å²) >= 11 is 0. The Kier molecular flexibility index (Phi) is 5.12. The lowest BCUT2D eigenvalue weighted by atomic mass is 9.88. The van der Waals surface area contributed by atoms with E-state index < -0.39 is 0 Å². The molecule has 0 unspecified atom stereocenters. The van der Waals surface area contributed by atoms with Gasteiger partial charge in [-0.15, -0.1) is 0 Å². The smallest absolute Gasteiger partial charge is 0.229 e. The van der Waals surface area contributed by atoms with Crippen LogP contribution in [0.2, 0.25) is 0 Å². The summed E-state index contributed by atoms with van der Waals surface area (Å²) in [6, 6.07) is 14.0. The van der Waals surface area contributed by atoms with Crippen molar-refractivity contribution >= 4 is 11.8 Å². The Balaban J connectivity index is 1.84. The first kappa shape index (κ1) is 17.1. The zero-order valence-corrected chi connectivity index (χ0v) is 14.1. The molecule has 1 heterocycles. The van der Waals surface area contributed by atoms with Crippen LogP contribution in [0.4, 0.5) is 4.39 Å². The van der Waals surface area contributed by atoms with E-state index in [9.17, 15) is 14.0 Å². The topological polar surface area (TPSA) is 46.6 Å². The summed E-state index contributed by atoms with van der Waals surface area (Å²) in [4.78, 5) is 25.0. The average molecular weight is 341 g/mol. The monoisotopic (exact) mass is 341 g/mol. The Morgan fingerprint density at radius 2 is 1.48 bits per heavy atom.